The fourth-order valence-electron chi connectivity index (χ4n) is 2.95. The molecule has 0 bridgehead atoms. The number of nitrogens with zero attached hydrogens (tertiary/aromatic N) is 2. The first kappa shape index (κ1) is 22.4. The Hall–Kier alpha value is -2.27. The molecule has 7 nitrogen and oxygen atoms in total. The number of benzene rings is 1. The van der Waals surface area contributed by atoms with Gasteiger partial charge in [-0.2, -0.15) is 15.6 Å². The number of methoxy groups -OCH3 is 1. The van der Waals surface area contributed by atoms with E-state index in [-0.39, 0.29) is 10.8 Å². The lowest BCUT2D eigenvalue weighted by Gasteiger charge is -2.19. The fraction of sp³-hybridized carbons (Fsp3) is 0.300. The van der Waals surface area contributed by atoms with Crippen LogP contribution in [-0.2, 0) is 10.0 Å². The maximum Gasteiger partial charge on any atom is 0.267 e. The van der Waals surface area contributed by atoms with Crippen LogP contribution in [0.2, 0.25) is 0 Å². The minimum atomic E-state index is -3.66. The lowest BCUT2D eigenvalue weighted by atomic mass is 10.2. The van der Waals surface area contributed by atoms with Gasteiger partial charge in [0, 0.05) is 24.0 Å². The fourth-order valence-corrected chi connectivity index (χ4v) is 6.11. The highest BCUT2D eigenvalue weighted by Gasteiger charge is 2.24. The Balaban J connectivity index is 1.93. The Labute approximate surface area is 184 Å². The summed E-state index contributed by atoms with van der Waals surface area (Å²) in [5.74, 6) is 0.0178. The summed E-state index contributed by atoms with van der Waals surface area (Å²) < 4.78 is 32.4. The van der Waals surface area contributed by atoms with E-state index in [0.29, 0.717) is 35.1 Å². The molecule has 0 aliphatic heterocycles. The molecule has 160 valence electrons. The van der Waals surface area contributed by atoms with Gasteiger partial charge in [-0.05, 0) is 36.6 Å². The molecule has 30 heavy (non-hydrogen) atoms. The number of ether oxygens (including phenoxy) is 1. The van der Waals surface area contributed by atoms with Crippen molar-refractivity contribution < 1.29 is 17.9 Å². The van der Waals surface area contributed by atoms with Crippen molar-refractivity contribution in [3.63, 3.8) is 0 Å². The summed E-state index contributed by atoms with van der Waals surface area (Å²) in [6, 6.07) is 6.41. The molecule has 0 atom stereocenters. The minimum Gasteiger partial charge on any atom is -0.495 e. The number of carbonyl (C=O) groups excluding carboxylic acids is 1. The summed E-state index contributed by atoms with van der Waals surface area (Å²) in [5.41, 5.74) is 1.88. The predicted molar refractivity (Wildman–Crippen MR) is 121 cm³/mol. The maximum absolute atomic E-state index is 12.9. The molecule has 10 heteroatoms. The molecule has 1 N–H and O–H groups in total. The van der Waals surface area contributed by atoms with E-state index in [9.17, 15) is 13.2 Å². The van der Waals surface area contributed by atoms with Crippen LogP contribution in [0.15, 0.2) is 39.9 Å². The molecule has 0 saturated carbocycles. The number of anilines is 1. The third-order valence-electron chi connectivity index (χ3n) is 4.53. The first-order chi connectivity index (χ1) is 14.3. The van der Waals surface area contributed by atoms with Gasteiger partial charge >= 0.3 is 0 Å². The van der Waals surface area contributed by atoms with Crippen LogP contribution >= 0.6 is 22.7 Å². The number of thiazole rings is 1. The van der Waals surface area contributed by atoms with E-state index in [2.05, 4.69) is 10.3 Å². The normalized spacial score (nSPS) is 11.6. The molecule has 3 aromatic rings. The average Bonchev–Trinajstić information content (AvgIpc) is 3.38. The summed E-state index contributed by atoms with van der Waals surface area (Å²) in [6.45, 7) is 6.06. The van der Waals surface area contributed by atoms with Crippen LogP contribution in [0.1, 0.15) is 29.2 Å². The van der Waals surface area contributed by atoms with E-state index in [1.165, 1.54) is 34.9 Å². The number of nitrogens with one attached hydrogen (secondary N) is 1. The highest BCUT2D eigenvalue weighted by atomic mass is 32.2. The van der Waals surface area contributed by atoms with Gasteiger partial charge in [0.2, 0.25) is 10.0 Å². The SMILES string of the molecule is CCN(CC)S(=O)(=O)c1ccc(OC)c(NC(=O)c2sc(-c3ccsc3)nc2C)c1. The van der Waals surface area contributed by atoms with Gasteiger partial charge in [0.25, 0.3) is 5.91 Å². The van der Waals surface area contributed by atoms with Gasteiger partial charge in [-0.25, -0.2) is 13.4 Å². The van der Waals surface area contributed by atoms with Crippen molar-refractivity contribution in [2.75, 3.05) is 25.5 Å². The van der Waals surface area contributed by atoms with Crippen molar-refractivity contribution in [2.45, 2.75) is 25.7 Å². The van der Waals surface area contributed by atoms with Crippen LogP contribution in [-0.4, -0.2) is 43.8 Å². The second-order valence-corrected chi connectivity index (χ2v) is 10.1. The molecule has 0 fully saturated rings. The Bertz CT molecular complexity index is 1130. The number of aromatic nitrogens is 1. The minimum absolute atomic E-state index is 0.0993. The zero-order chi connectivity index (χ0) is 21.9. The number of hydrogen-bond donors (Lipinski definition) is 1. The van der Waals surface area contributed by atoms with Crippen molar-refractivity contribution in [1.29, 1.82) is 0 Å². The third-order valence-corrected chi connectivity index (χ3v) is 8.47. The molecule has 0 spiro atoms. The van der Waals surface area contributed by atoms with E-state index < -0.39 is 10.0 Å². The van der Waals surface area contributed by atoms with Crippen molar-refractivity contribution in [2.24, 2.45) is 0 Å². The standard InChI is InChI=1S/C20H23N3O4S3/c1-5-23(6-2)30(25,26)15-7-8-17(27-4)16(11-15)22-19(24)18-13(3)21-20(29-18)14-9-10-28-12-14/h7-12H,5-6H2,1-4H3,(H,22,24). The predicted octanol–water partition coefficient (Wildman–Crippen LogP) is 4.47. The number of sulfonamides is 1. The number of carbonyl (C=O) groups is 1. The van der Waals surface area contributed by atoms with Crippen LogP contribution in [0.25, 0.3) is 10.6 Å². The molecule has 0 saturated heterocycles. The molecule has 0 unspecified atom stereocenters. The summed E-state index contributed by atoms with van der Waals surface area (Å²) >= 11 is 2.86. The van der Waals surface area contributed by atoms with E-state index in [0.717, 1.165) is 10.6 Å². The zero-order valence-electron chi connectivity index (χ0n) is 17.1. The number of rotatable bonds is 8. The van der Waals surface area contributed by atoms with Crippen molar-refractivity contribution in [1.82, 2.24) is 9.29 Å². The van der Waals surface area contributed by atoms with Crippen LogP contribution in [0.5, 0.6) is 5.75 Å². The van der Waals surface area contributed by atoms with E-state index in [1.807, 2.05) is 16.8 Å². The molecule has 0 aliphatic rings. The maximum atomic E-state index is 12.9. The molecule has 0 radical (unpaired) electrons. The monoisotopic (exact) mass is 465 g/mol. The van der Waals surface area contributed by atoms with E-state index >= 15 is 0 Å². The number of aryl methyl sites for hydroxylation is 1. The largest absolute Gasteiger partial charge is 0.495 e. The first-order valence-corrected chi connectivity index (χ1v) is 12.5. The van der Waals surface area contributed by atoms with Crippen molar-refractivity contribution in [3.05, 3.63) is 45.6 Å². The van der Waals surface area contributed by atoms with Gasteiger partial charge in [-0.15, -0.1) is 11.3 Å². The number of hydrogen-bond acceptors (Lipinski definition) is 7. The van der Waals surface area contributed by atoms with Gasteiger partial charge < -0.3 is 10.1 Å². The third kappa shape index (κ3) is 4.41. The Morgan fingerprint density at radius 1 is 1.23 bits per heavy atom. The molecular weight excluding hydrogens is 442 g/mol. The smallest absolute Gasteiger partial charge is 0.267 e. The Morgan fingerprint density at radius 3 is 2.57 bits per heavy atom. The quantitative estimate of drug-likeness (QED) is 0.530. The van der Waals surface area contributed by atoms with Crippen LogP contribution in [0.4, 0.5) is 5.69 Å². The second kappa shape index (κ2) is 9.25. The number of amides is 1. The molecule has 3 rings (SSSR count). The summed E-state index contributed by atoms with van der Waals surface area (Å²) in [7, 11) is -2.20. The van der Waals surface area contributed by atoms with Crippen molar-refractivity contribution in [3.8, 4) is 16.3 Å². The molecule has 0 aliphatic carbocycles. The van der Waals surface area contributed by atoms with Crippen LogP contribution in [0.3, 0.4) is 0 Å². The molecule has 2 aromatic heterocycles. The van der Waals surface area contributed by atoms with Crippen molar-refractivity contribution >= 4 is 44.3 Å². The van der Waals surface area contributed by atoms with Gasteiger partial charge in [-0.1, -0.05) is 13.8 Å². The summed E-state index contributed by atoms with van der Waals surface area (Å²) in [5, 5.41) is 7.49. The Morgan fingerprint density at radius 2 is 1.97 bits per heavy atom. The second-order valence-electron chi connectivity index (χ2n) is 6.35. The highest BCUT2D eigenvalue weighted by molar-refractivity contribution is 7.89. The van der Waals surface area contributed by atoms with Crippen LogP contribution in [0, 0.1) is 6.92 Å². The van der Waals surface area contributed by atoms with E-state index in [1.54, 1.807) is 38.2 Å². The van der Waals surface area contributed by atoms with Gasteiger partial charge in [0.15, 0.2) is 0 Å². The van der Waals surface area contributed by atoms with E-state index in [4.69, 9.17) is 4.74 Å². The first-order valence-electron chi connectivity index (χ1n) is 9.31. The van der Waals surface area contributed by atoms with Gasteiger partial charge in [0.1, 0.15) is 15.6 Å². The summed E-state index contributed by atoms with van der Waals surface area (Å²) in [4.78, 5) is 18.0. The lowest BCUT2D eigenvalue weighted by Crippen LogP contribution is -2.30. The lowest BCUT2D eigenvalue weighted by molar-refractivity contribution is 0.102. The summed E-state index contributed by atoms with van der Waals surface area (Å²) in [6.07, 6.45) is 0. The Kier molecular flexibility index (Phi) is 6.91. The number of thiophene rings is 1. The van der Waals surface area contributed by atoms with Gasteiger partial charge in [-0.3, -0.25) is 4.79 Å². The zero-order valence-corrected chi connectivity index (χ0v) is 19.6. The molecule has 1 aromatic carbocycles. The average molecular weight is 466 g/mol. The molecule has 2 heterocycles. The molecule has 1 amide bonds. The van der Waals surface area contributed by atoms with Crippen LogP contribution < -0.4 is 10.1 Å². The highest BCUT2D eigenvalue weighted by Crippen LogP contribution is 2.32. The topological polar surface area (TPSA) is 88.6 Å². The molecular formula is C20H23N3O4S3. The van der Waals surface area contributed by atoms with Gasteiger partial charge in [0.05, 0.1) is 23.4 Å².